The second-order valence-electron chi connectivity index (χ2n) is 8.08. The van der Waals surface area contributed by atoms with E-state index in [1.54, 1.807) is 0 Å². The van der Waals surface area contributed by atoms with Crippen molar-refractivity contribution >= 4 is 5.91 Å². The van der Waals surface area contributed by atoms with Crippen LogP contribution in [0.25, 0.3) is 0 Å². The fraction of sp³-hybridized carbons (Fsp3) is 0.455. The van der Waals surface area contributed by atoms with Gasteiger partial charge in [0, 0.05) is 6.61 Å². The van der Waals surface area contributed by atoms with Gasteiger partial charge >= 0.3 is 6.18 Å². The lowest BCUT2D eigenvalue weighted by Crippen LogP contribution is -2.31. The molecule has 1 aromatic carbocycles. The highest BCUT2D eigenvalue weighted by Gasteiger charge is 2.28. The van der Waals surface area contributed by atoms with Crippen LogP contribution in [0.5, 0.6) is 5.75 Å². The fourth-order valence-electron chi connectivity index (χ4n) is 2.82. The number of rotatable bonds is 8. The third kappa shape index (κ3) is 7.67. The molecule has 2 aromatic rings. The van der Waals surface area contributed by atoms with E-state index in [1.165, 1.54) is 23.9 Å². The Bertz CT molecular complexity index is 814. The highest BCUT2D eigenvalue weighted by Crippen LogP contribution is 2.23. The first-order valence-corrected chi connectivity index (χ1v) is 9.63. The van der Waals surface area contributed by atoms with Gasteiger partial charge in [0.05, 0.1) is 24.4 Å². The molecule has 164 valence electrons. The van der Waals surface area contributed by atoms with Crippen LogP contribution in [0.4, 0.5) is 13.2 Å². The van der Waals surface area contributed by atoms with Crippen molar-refractivity contribution < 1.29 is 27.8 Å². The topological polar surface area (TPSA) is 71.5 Å². The number of hydrogen-bond acceptors (Lipinski definition) is 4. The Morgan fingerprint density at radius 2 is 1.80 bits per heavy atom. The molecule has 1 atom stereocenters. The van der Waals surface area contributed by atoms with Gasteiger partial charge in [0.1, 0.15) is 5.75 Å². The zero-order valence-corrected chi connectivity index (χ0v) is 17.3. The molecule has 0 radical (unpaired) electrons. The summed E-state index contributed by atoms with van der Waals surface area (Å²) in [5.74, 6) is -0.264. The van der Waals surface area contributed by atoms with Crippen molar-refractivity contribution in [2.75, 3.05) is 13.2 Å². The first-order valence-electron chi connectivity index (χ1n) is 9.63. The van der Waals surface area contributed by atoms with E-state index in [0.717, 1.165) is 5.56 Å². The number of pyridine rings is 1. The molecule has 2 rings (SSSR count). The maximum Gasteiger partial charge on any atom is 0.422 e. The van der Waals surface area contributed by atoms with E-state index in [9.17, 15) is 23.1 Å². The van der Waals surface area contributed by atoms with Gasteiger partial charge in [-0.05, 0) is 35.1 Å². The normalized spacial score (nSPS) is 13.0. The van der Waals surface area contributed by atoms with Crippen LogP contribution in [0.2, 0.25) is 0 Å². The van der Waals surface area contributed by atoms with E-state index >= 15 is 0 Å². The van der Waals surface area contributed by atoms with Gasteiger partial charge in [-0.2, -0.15) is 13.2 Å². The summed E-state index contributed by atoms with van der Waals surface area (Å²) < 4.78 is 41.3. The minimum Gasteiger partial charge on any atom is -0.483 e. The van der Waals surface area contributed by atoms with Crippen LogP contribution in [0, 0.1) is 0 Å². The number of nitrogens with one attached hydrogen (secondary N) is 1. The molecule has 5 nitrogen and oxygen atoms in total. The molecule has 1 heterocycles. The second kappa shape index (κ2) is 9.93. The molecule has 8 heteroatoms. The van der Waals surface area contributed by atoms with Gasteiger partial charge in [-0.3, -0.25) is 9.78 Å². The molecule has 30 heavy (non-hydrogen) atoms. The molecule has 0 aliphatic carbocycles. The molecule has 0 spiro atoms. The number of ether oxygens (including phenoxy) is 1. The molecule has 0 aliphatic rings. The smallest absolute Gasteiger partial charge is 0.422 e. The number of aliphatic hydroxyl groups is 1. The Kier molecular flexibility index (Phi) is 7.83. The van der Waals surface area contributed by atoms with Gasteiger partial charge in [-0.1, -0.05) is 45.0 Å². The SMILES string of the molecule is CC(C)(C)c1ccc(CC(=O)N[C@H](CCO)c2ccc(OCC(F)(F)F)cn2)cc1. The van der Waals surface area contributed by atoms with Crippen LogP contribution in [0.15, 0.2) is 42.6 Å². The number of halogens is 3. The van der Waals surface area contributed by atoms with Crippen molar-refractivity contribution in [1.82, 2.24) is 10.3 Å². The summed E-state index contributed by atoms with van der Waals surface area (Å²) in [6.07, 6.45) is -2.87. The number of aromatic nitrogens is 1. The quantitative estimate of drug-likeness (QED) is 0.669. The van der Waals surface area contributed by atoms with Gasteiger partial charge in [0.2, 0.25) is 5.91 Å². The minimum absolute atomic E-state index is 0.0225. The van der Waals surface area contributed by atoms with Crippen LogP contribution >= 0.6 is 0 Å². The largest absolute Gasteiger partial charge is 0.483 e. The van der Waals surface area contributed by atoms with Crippen molar-refractivity contribution in [2.45, 2.75) is 51.2 Å². The van der Waals surface area contributed by atoms with Crippen molar-refractivity contribution in [3.05, 3.63) is 59.4 Å². The number of amides is 1. The van der Waals surface area contributed by atoms with Crippen LogP contribution < -0.4 is 10.1 Å². The number of aliphatic hydroxyl groups excluding tert-OH is 1. The van der Waals surface area contributed by atoms with Gasteiger partial charge in [-0.25, -0.2) is 0 Å². The Morgan fingerprint density at radius 1 is 1.13 bits per heavy atom. The van der Waals surface area contributed by atoms with Crippen LogP contribution in [0.1, 0.15) is 50.1 Å². The lowest BCUT2D eigenvalue weighted by molar-refractivity contribution is -0.153. The van der Waals surface area contributed by atoms with E-state index in [-0.39, 0.29) is 36.5 Å². The predicted molar refractivity (Wildman–Crippen MR) is 107 cm³/mol. The standard InChI is InChI=1S/C22H27F3N2O3/c1-21(2,3)16-6-4-15(5-7-16)12-20(29)27-19(10-11-28)18-9-8-17(13-26-18)30-14-22(23,24)25/h4-9,13,19,28H,10-12,14H2,1-3H3,(H,27,29)/t19-/m1/s1. The zero-order valence-electron chi connectivity index (χ0n) is 17.3. The average molecular weight is 424 g/mol. The Hall–Kier alpha value is -2.61. The third-order valence-electron chi connectivity index (χ3n) is 4.46. The molecule has 0 bridgehead atoms. The van der Waals surface area contributed by atoms with Gasteiger partial charge in [0.25, 0.3) is 0 Å². The minimum atomic E-state index is -4.43. The highest BCUT2D eigenvalue weighted by atomic mass is 19.4. The van der Waals surface area contributed by atoms with E-state index in [4.69, 9.17) is 0 Å². The summed E-state index contributed by atoms with van der Waals surface area (Å²) in [6.45, 7) is 4.75. The van der Waals surface area contributed by atoms with Crippen molar-refractivity contribution in [3.63, 3.8) is 0 Å². The molecule has 0 unspecified atom stereocenters. The van der Waals surface area contributed by atoms with Gasteiger partial charge in [-0.15, -0.1) is 0 Å². The fourth-order valence-corrected chi connectivity index (χ4v) is 2.82. The number of carbonyl (C=O) groups excluding carboxylic acids is 1. The molecule has 0 saturated heterocycles. The molecular weight excluding hydrogens is 397 g/mol. The molecule has 0 fully saturated rings. The third-order valence-corrected chi connectivity index (χ3v) is 4.46. The highest BCUT2D eigenvalue weighted by molar-refractivity contribution is 5.79. The second-order valence-corrected chi connectivity index (χ2v) is 8.08. The molecule has 0 aliphatic heterocycles. The summed E-state index contributed by atoms with van der Waals surface area (Å²) in [7, 11) is 0. The number of benzene rings is 1. The molecular formula is C22H27F3N2O3. The van der Waals surface area contributed by atoms with E-state index in [1.807, 2.05) is 24.3 Å². The Balaban J connectivity index is 1.99. The van der Waals surface area contributed by atoms with Gasteiger partial charge in [0.15, 0.2) is 6.61 Å². The van der Waals surface area contributed by atoms with Crippen molar-refractivity contribution in [3.8, 4) is 5.75 Å². The predicted octanol–water partition coefficient (Wildman–Crippen LogP) is 4.10. The molecule has 0 saturated carbocycles. The summed E-state index contributed by atoms with van der Waals surface area (Å²) >= 11 is 0. The number of carbonyl (C=O) groups is 1. The van der Waals surface area contributed by atoms with E-state index in [0.29, 0.717) is 5.69 Å². The van der Waals surface area contributed by atoms with Crippen LogP contribution in [-0.4, -0.2) is 35.4 Å². The van der Waals surface area contributed by atoms with E-state index < -0.39 is 18.8 Å². The van der Waals surface area contributed by atoms with Gasteiger partial charge < -0.3 is 15.2 Å². The number of hydrogen-bond donors (Lipinski definition) is 2. The van der Waals surface area contributed by atoms with E-state index in [2.05, 4.69) is 35.8 Å². The molecule has 2 N–H and O–H groups in total. The average Bonchev–Trinajstić information content (AvgIpc) is 2.65. The molecule has 1 aromatic heterocycles. The molecule has 1 amide bonds. The summed E-state index contributed by atoms with van der Waals surface area (Å²) in [5, 5.41) is 12.1. The lowest BCUT2D eigenvalue weighted by Gasteiger charge is -2.20. The maximum atomic E-state index is 12.5. The van der Waals surface area contributed by atoms with Crippen LogP contribution in [0.3, 0.4) is 0 Å². The Labute approximate surface area is 174 Å². The first kappa shape index (κ1) is 23.7. The van der Waals surface area contributed by atoms with Crippen molar-refractivity contribution in [2.24, 2.45) is 0 Å². The summed E-state index contributed by atoms with van der Waals surface area (Å²) in [6, 6.07) is 10.1. The Morgan fingerprint density at radius 3 is 2.30 bits per heavy atom. The van der Waals surface area contributed by atoms with Crippen molar-refractivity contribution in [1.29, 1.82) is 0 Å². The lowest BCUT2D eigenvalue weighted by atomic mass is 9.86. The maximum absolute atomic E-state index is 12.5. The monoisotopic (exact) mass is 424 g/mol. The summed E-state index contributed by atoms with van der Waals surface area (Å²) in [5.41, 5.74) is 2.48. The zero-order chi connectivity index (χ0) is 22.4. The summed E-state index contributed by atoms with van der Waals surface area (Å²) in [4.78, 5) is 16.5. The van der Waals surface area contributed by atoms with Crippen LogP contribution in [-0.2, 0) is 16.6 Å². The number of nitrogens with zero attached hydrogens (tertiary/aromatic N) is 1. The number of alkyl halides is 3. The first-order chi connectivity index (χ1) is 14.0.